The van der Waals surface area contributed by atoms with Crippen molar-refractivity contribution in [3.8, 4) is 11.5 Å². The summed E-state index contributed by atoms with van der Waals surface area (Å²) in [5, 5.41) is 3.34. The number of amides is 1. The van der Waals surface area contributed by atoms with Crippen LogP contribution in [0.2, 0.25) is 5.02 Å². The van der Waals surface area contributed by atoms with Crippen molar-refractivity contribution in [2.75, 3.05) is 20.8 Å². The predicted octanol–water partition coefficient (Wildman–Crippen LogP) is 4.23. The molecule has 0 aliphatic heterocycles. The van der Waals surface area contributed by atoms with Gasteiger partial charge in [0.05, 0.1) is 30.8 Å². The Labute approximate surface area is 182 Å². The first-order chi connectivity index (χ1) is 14.5. The first kappa shape index (κ1) is 21.9. The van der Waals surface area contributed by atoms with Crippen LogP contribution in [0.4, 0.5) is 0 Å². The summed E-state index contributed by atoms with van der Waals surface area (Å²) in [6, 6.07) is 15.7. The Balaban J connectivity index is 1.53. The number of carbonyl (C=O) groups excluding carboxylic acids is 1. The van der Waals surface area contributed by atoms with E-state index in [9.17, 15) is 9.00 Å². The lowest BCUT2D eigenvalue weighted by molar-refractivity contribution is 0.0925. The molecular formula is C22H22ClNO5S. The maximum atomic E-state index is 12.4. The minimum atomic E-state index is -1.31. The maximum Gasteiger partial charge on any atom is 0.287 e. The van der Waals surface area contributed by atoms with Gasteiger partial charge in [-0.15, -0.1) is 0 Å². The van der Waals surface area contributed by atoms with Crippen molar-refractivity contribution >= 4 is 28.3 Å². The van der Waals surface area contributed by atoms with E-state index in [0.717, 1.165) is 5.56 Å². The molecule has 0 bridgehead atoms. The molecule has 0 fully saturated rings. The highest BCUT2D eigenvalue weighted by molar-refractivity contribution is 7.84. The number of rotatable bonds is 9. The molecule has 0 spiro atoms. The molecule has 158 valence electrons. The van der Waals surface area contributed by atoms with Gasteiger partial charge in [-0.05, 0) is 54.4 Å². The standard InChI is InChI=1S/C22H22ClNO5S/c1-27-19-8-6-15(12-21(19)28-2)10-11-24-22(25)20-9-7-17(29-20)14-30(26)18-5-3-4-16(23)13-18/h3-9,12-13H,10-11,14H2,1-2H3,(H,24,25)/t30-/m0/s1. The first-order valence-electron chi connectivity index (χ1n) is 9.22. The monoisotopic (exact) mass is 447 g/mol. The molecule has 0 aliphatic carbocycles. The lowest BCUT2D eigenvalue weighted by Crippen LogP contribution is -2.25. The summed E-state index contributed by atoms with van der Waals surface area (Å²) in [6.07, 6.45) is 0.623. The molecule has 1 N–H and O–H groups in total. The number of carbonyl (C=O) groups is 1. The van der Waals surface area contributed by atoms with Crippen LogP contribution in [0.1, 0.15) is 21.9 Å². The SMILES string of the molecule is COc1ccc(CCNC(=O)c2ccc(C[S@](=O)c3cccc(Cl)c3)o2)cc1OC. The molecule has 30 heavy (non-hydrogen) atoms. The number of methoxy groups -OCH3 is 2. The number of benzene rings is 2. The van der Waals surface area contributed by atoms with Crippen LogP contribution in [0.25, 0.3) is 0 Å². The third-order valence-corrected chi connectivity index (χ3v) is 5.93. The molecule has 8 heteroatoms. The molecule has 1 amide bonds. The molecule has 3 rings (SSSR count). The van der Waals surface area contributed by atoms with Gasteiger partial charge in [0.2, 0.25) is 0 Å². The fourth-order valence-corrected chi connectivity index (χ4v) is 4.17. The zero-order valence-corrected chi connectivity index (χ0v) is 18.2. The summed E-state index contributed by atoms with van der Waals surface area (Å²) in [5.74, 6) is 1.79. The molecule has 1 heterocycles. The Bertz CT molecular complexity index is 1050. The number of hydrogen-bond acceptors (Lipinski definition) is 5. The maximum absolute atomic E-state index is 12.4. The summed E-state index contributed by atoms with van der Waals surface area (Å²) >= 11 is 5.94. The van der Waals surface area contributed by atoms with E-state index in [-0.39, 0.29) is 17.4 Å². The number of furan rings is 1. The summed E-state index contributed by atoms with van der Waals surface area (Å²) < 4.78 is 28.5. The van der Waals surface area contributed by atoms with Crippen molar-refractivity contribution in [2.24, 2.45) is 0 Å². The number of hydrogen-bond donors (Lipinski definition) is 1. The predicted molar refractivity (Wildman–Crippen MR) is 116 cm³/mol. The normalized spacial score (nSPS) is 11.7. The highest BCUT2D eigenvalue weighted by Gasteiger charge is 2.14. The molecule has 0 radical (unpaired) electrons. The van der Waals surface area contributed by atoms with E-state index in [2.05, 4.69) is 5.32 Å². The van der Waals surface area contributed by atoms with Gasteiger partial charge in [-0.25, -0.2) is 0 Å². The topological polar surface area (TPSA) is 77.8 Å². The van der Waals surface area contributed by atoms with Crippen LogP contribution in [0.3, 0.4) is 0 Å². The molecule has 0 saturated carbocycles. The van der Waals surface area contributed by atoms with Gasteiger partial charge >= 0.3 is 0 Å². The summed E-state index contributed by atoms with van der Waals surface area (Å²) in [4.78, 5) is 12.9. The van der Waals surface area contributed by atoms with Crippen LogP contribution in [0.15, 0.2) is 63.9 Å². The lowest BCUT2D eigenvalue weighted by atomic mass is 10.1. The summed E-state index contributed by atoms with van der Waals surface area (Å²) in [5.41, 5.74) is 1.00. The van der Waals surface area contributed by atoms with Gasteiger partial charge in [0.25, 0.3) is 5.91 Å². The molecule has 0 saturated heterocycles. The summed E-state index contributed by atoms with van der Waals surface area (Å²) in [7, 11) is 1.85. The van der Waals surface area contributed by atoms with E-state index in [4.69, 9.17) is 25.5 Å². The zero-order valence-electron chi connectivity index (χ0n) is 16.6. The fraction of sp³-hybridized carbons (Fsp3) is 0.227. The van der Waals surface area contributed by atoms with Crippen molar-refractivity contribution in [1.29, 1.82) is 0 Å². The van der Waals surface area contributed by atoms with E-state index in [1.807, 2.05) is 18.2 Å². The van der Waals surface area contributed by atoms with E-state index < -0.39 is 10.8 Å². The Morgan fingerprint density at radius 1 is 1.07 bits per heavy atom. The Hall–Kier alpha value is -2.77. The van der Waals surface area contributed by atoms with Gasteiger partial charge in [-0.2, -0.15) is 0 Å². The van der Waals surface area contributed by atoms with Crippen LogP contribution in [0.5, 0.6) is 11.5 Å². The number of ether oxygens (including phenoxy) is 2. The minimum absolute atomic E-state index is 0.166. The Morgan fingerprint density at radius 3 is 2.60 bits per heavy atom. The molecular weight excluding hydrogens is 426 g/mol. The van der Waals surface area contributed by atoms with Gasteiger partial charge in [0, 0.05) is 16.5 Å². The second kappa shape index (κ2) is 10.3. The van der Waals surface area contributed by atoms with Crippen LogP contribution in [0, 0.1) is 0 Å². The van der Waals surface area contributed by atoms with Crippen molar-refractivity contribution in [2.45, 2.75) is 17.1 Å². The number of nitrogens with one attached hydrogen (secondary N) is 1. The van der Waals surface area contributed by atoms with Crippen LogP contribution in [-0.2, 0) is 23.0 Å². The van der Waals surface area contributed by atoms with E-state index in [0.29, 0.717) is 40.1 Å². The molecule has 0 aliphatic rings. The van der Waals surface area contributed by atoms with Gasteiger partial charge < -0.3 is 19.2 Å². The smallest absolute Gasteiger partial charge is 0.287 e. The number of halogens is 1. The van der Waals surface area contributed by atoms with E-state index in [1.165, 1.54) is 0 Å². The van der Waals surface area contributed by atoms with Gasteiger partial charge in [0.1, 0.15) is 5.76 Å². The van der Waals surface area contributed by atoms with E-state index >= 15 is 0 Å². The van der Waals surface area contributed by atoms with Crippen molar-refractivity contribution in [1.82, 2.24) is 5.32 Å². The molecule has 2 aromatic carbocycles. The second-order valence-electron chi connectivity index (χ2n) is 6.41. The average Bonchev–Trinajstić information content (AvgIpc) is 3.22. The van der Waals surface area contributed by atoms with Crippen LogP contribution < -0.4 is 14.8 Å². The largest absolute Gasteiger partial charge is 0.493 e. The van der Waals surface area contributed by atoms with Gasteiger partial charge in [-0.1, -0.05) is 23.7 Å². The molecule has 0 unspecified atom stereocenters. The van der Waals surface area contributed by atoms with Crippen molar-refractivity contribution in [3.63, 3.8) is 0 Å². The summed E-state index contributed by atoms with van der Waals surface area (Å²) in [6.45, 7) is 0.429. The van der Waals surface area contributed by atoms with Gasteiger partial charge in [0.15, 0.2) is 17.3 Å². The zero-order chi connectivity index (χ0) is 21.5. The lowest BCUT2D eigenvalue weighted by Gasteiger charge is -2.09. The van der Waals surface area contributed by atoms with Crippen LogP contribution >= 0.6 is 11.6 Å². The minimum Gasteiger partial charge on any atom is -0.493 e. The molecule has 1 aromatic heterocycles. The molecule has 6 nitrogen and oxygen atoms in total. The van der Waals surface area contributed by atoms with E-state index in [1.54, 1.807) is 50.6 Å². The quantitative estimate of drug-likeness (QED) is 0.531. The van der Waals surface area contributed by atoms with Crippen LogP contribution in [-0.4, -0.2) is 30.9 Å². The van der Waals surface area contributed by atoms with Crippen molar-refractivity contribution < 1.29 is 22.9 Å². The Morgan fingerprint density at radius 2 is 1.87 bits per heavy atom. The molecule has 3 aromatic rings. The molecule has 1 atom stereocenters. The highest BCUT2D eigenvalue weighted by Crippen LogP contribution is 2.27. The van der Waals surface area contributed by atoms with Crippen molar-refractivity contribution in [3.05, 3.63) is 76.7 Å². The fourth-order valence-electron chi connectivity index (χ4n) is 2.84. The average molecular weight is 448 g/mol. The van der Waals surface area contributed by atoms with Gasteiger partial charge in [-0.3, -0.25) is 9.00 Å². The highest BCUT2D eigenvalue weighted by atomic mass is 35.5. The second-order valence-corrected chi connectivity index (χ2v) is 8.30. The Kier molecular flexibility index (Phi) is 7.54. The first-order valence-corrected chi connectivity index (χ1v) is 10.9. The third kappa shape index (κ3) is 5.64. The third-order valence-electron chi connectivity index (χ3n) is 4.36.